The summed E-state index contributed by atoms with van der Waals surface area (Å²) < 4.78 is 5.40. The van der Waals surface area contributed by atoms with Crippen LogP contribution in [0.15, 0.2) is 27.4 Å². The van der Waals surface area contributed by atoms with E-state index in [1.165, 1.54) is 11.3 Å². The summed E-state index contributed by atoms with van der Waals surface area (Å²) in [5.74, 6) is 1.02. The van der Waals surface area contributed by atoms with E-state index in [1.54, 1.807) is 11.3 Å². The maximum Gasteiger partial charge on any atom is 0.270 e. The van der Waals surface area contributed by atoms with Gasteiger partial charge in [-0.05, 0) is 36.9 Å². The molecule has 0 bridgehead atoms. The lowest BCUT2D eigenvalue weighted by Gasteiger charge is -1.99. The number of rotatable bonds is 2. The number of nitrogens with zero attached hydrogens (tertiary/aromatic N) is 3. The van der Waals surface area contributed by atoms with Gasteiger partial charge in [-0.1, -0.05) is 5.16 Å². The Bertz CT molecular complexity index is 969. The van der Waals surface area contributed by atoms with Crippen molar-refractivity contribution >= 4 is 38.6 Å². The zero-order chi connectivity index (χ0) is 15.3. The molecular formula is C15H12N4OS2. The number of aromatic nitrogens is 3. The van der Waals surface area contributed by atoms with E-state index in [0.29, 0.717) is 17.4 Å². The van der Waals surface area contributed by atoms with Crippen LogP contribution in [-0.2, 0) is 0 Å². The number of nitrogen functional groups attached to an aromatic ring is 1. The largest absolute Gasteiger partial charge is 0.397 e. The Hall–Kier alpha value is -2.25. The number of fused-ring (bicyclic) bond motifs is 1. The van der Waals surface area contributed by atoms with E-state index in [2.05, 4.69) is 15.1 Å². The minimum atomic E-state index is 0.443. The first-order chi connectivity index (χ1) is 10.6. The van der Waals surface area contributed by atoms with Crippen molar-refractivity contribution in [2.75, 3.05) is 5.73 Å². The van der Waals surface area contributed by atoms with E-state index < -0.39 is 0 Å². The standard InChI is InChI=1S/C15H12N4OS2/c1-7-5-8(2)17-15-10(7)11(16)12(22-15)14-18-13(19-20-14)9-3-4-21-6-9/h3-6H,16H2,1-2H3. The fourth-order valence-corrected chi connectivity index (χ4v) is 4.23. The molecule has 4 aromatic heterocycles. The first kappa shape index (κ1) is 13.4. The molecule has 0 radical (unpaired) electrons. The van der Waals surface area contributed by atoms with Crippen molar-refractivity contribution in [3.05, 3.63) is 34.2 Å². The van der Waals surface area contributed by atoms with Crippen LogP contribution in [0.2, 0.25) is 0 Å². The number of thiophene rings is 2. The van der Waals surface area contributed by atoms with E-state index >= 15 is 0 Å². The molecule has 110 valence electrons. The molecule has 4 heterocycles. The predicted octanol–water partition coefficient (Wildman–Crippen LogP) is 4.27. The van der Waals surface area contributed by atoms with Crippen molar-refractivity contribution < 1.29 is 4.52 Å². The molecule has 7 heteroatoms. The summed E-state index contributed by atoms with van der Waals surface area (Å²) in [5.41, 5.74) is 9.99. The summed E-state index contributed by atoms with van der Waals surface area (Å²) in [4.78, 5) is 10.7. The van der Waals surface area contributed by atoms with E-state index in [-0.39, 0.29) is 0 Å². The molecule has 0 saturated heterocycles. The topological polar surface area (TPSA) is 77.8 Å². The van der Waals surface area contributed by atoms with Gasteiger partial charge >= 0.3 is 0 Å². The molecule has 0 fully saturated rings. The first-order valence-electron chi connectivity index (χ1n) is 6.66. The average Bonchev–Trinajstić information content (AvgIpc) is 3.16. The summed E-state index contributed by atoms with van der Waals surface area (Å²) in [6.45, 7) is 4.01. The van der Waals surface area contributed by atoms with Gasteiger partial charge in [-0.3, -0.25) is 0 Å². The van der Waals surface area contributed by atoms with Gasteiger partial charge in [0.1, 0.15) is 9.71 Å². The highest BCUT2D eigenvalue weighted by Gasteiger charge is 2.20. The van der Waals surface area contributed by atoms with Crippen molar-refractivity contribution in [3.63, 3.8) is 0 Å². The molecule has 0 atom stereocenters. The van der Waals surface area contributed by atoms with Crippen LogP contribution in [-0.4, -0.2) is 15.1 Å². The van der Waals surface area contributed by atoms with Gasteiger partial charge in [0.05, 0.1) is 5.69 Å². The van der Waals surface area contributed by atoms with E-state index in [0.717, 1.165) is 31.9 Å². The lowest BCUT2D eigenvalue weighted by atomic mass is 10.1. The van der Waals surface area contributed by atoms with Crippen LogP contribution in [0.3, 0.4) is 0 Å². The highest BCUT2D eigenvalue weighted by atomic mass is 32.1. The van der Waals surface area contributed by atoms with Crippen LogP contribution in [0.4, 0.5) is 5.69 Å². The van der Waals surface area contributed by atoms with E-state index in [4.69, 9.17) is 10.3 Å². The van der Waals surface area contributed by atoms with Gasteiger partial charge in [0.2, 0.25) is 5.82 Å². The van der Waals surface area contributed by atoms with Crippen LogP contribution in [0.25, 0.3) is 32.4 Å². The van der Waals surface area contributed by atoms with Crippen molar-refractivity contribution in [3.8, 4) is 22.2 Å². The molecule has 4 aromatic rings. The average molecular weight is 328 g/mol. The van der Waals surface area contributed by atoms with Crippen LogP contribution in [0.1, 0.15) is 11.3 Å². The third-order valence-corrected chi connectivity index (χ3v) is 5.19. The molecule has 2 N–H and O–H groups in total. The Balaban J connectivity index is 1.88. The zero-order valence-electron chi connectivity index (χ0n) is 12.0. The SMILES string of the molecule is Cc1cc(C)c2c(N)c(-c3nc(-c4ccsc4)no3)sc2n1. The molecule has 0 unspecified atom stereocenters. The van der Waals surface area contributed by atoms with Crippen LogP contribution >= 0.6 is 22.7 Å². The lowest BCUT2D eigenvalue weighted by Crippen LogP contribution is -1.89. The smallest absolute Gasteiger partial charge is 0.270 e. The Labute approximate surface area is 134 Å². The number of anilines is 1. The van der Waals surface area contributed by atoms with Crippen LogP contribution < -0.4 is 5.73 Å². The minimum Gasteiger partial charge on any atom is -0.397 e. The minimum absolute atomic E-state index is 0.443. The van der Waals surface area contributed by atoms with Gasteiger partial charge in [0.25, 0.3) is 5.89 Å². The number of hydrogen-bond donors (Lipinski definition) is 1. The summed E-state index contributed by atoms with van der Waals surface area (Å²) in [6, 6.07) is 3.99. The molecule has 4 rings (SSSR count). The fraction of sp³-hybridized carbons (Fsp3) is 0.133. The molecule has 0 aromatic carbocycles. The lowest BCUT2D eigenvalue weighted by molar-refractivity contribution is 0.433. The van der Waals surface area contributed by atoms with Crippen molar-refractivity contribution in [1.29, 1.82) is 0 Å². The van der Waals surface area contributed by atoms with Crippen molar-refractivity contribution in [2.45, 2.75) is 13.8 Å². The first-order valence-corrected chi connectivity index (χ1v) is 8.42. The number of aryl methyl sites for hydroxylation is 2. The number of nitrogens with two attached hydrogens (primary N) is 1. The second kappa shape index (κ2) is 4.89. The van der Waals surface area contributed by atoms with Gasteiger partial charge in [-0.25, -0.2) is 4.98 Å². The summed E-state index contributed by atoms with van der Waals surface area (Å²) >= 11 is 3.08. The van der Waals surface area contributed by atoms with Crippen LogP contribution in [0, 0.1) is 13.8 Å². The van der Waals surface area contributed by atoms with Gasteiger partial charge in [0.15, 0.2) is 0 Å². The highest BCUT2D eigenvalue weighted by Crippen LogP contribution is 2.41. The molecule has 0 saturated carbocycles. The normalized spacial score (nSPS) is 11.4. The maximum absolute atomic E-state index is 6.29. The Kier molecular flexibility index (Phi) is 2.98. The van der Waals surface area contributed by atoms with E-state index in [1.807, 2.05) is 36.7 Å². The Morgan fingerprint density at radius 3 is 2.86 bits per heavy atom. The quantitative estimate of drug-likeness (QED) is 0.594. The molecule has 0 spiro atoms. The molecule has 0 aliphatic rings. The second-order valence-electron chi connectivity index (χ2n) is 5.04. The fourth-order valence-electron chi connectivity index (χ4n) is 2.45. The molecule has 22 heavy (non-hydrogen) atoms. The summed E-state index contributed by atoms with van der Waals surface area (Å²) in [6.07, 6.45) is 0. The summed E-state index contributed by atoms with van der Waals surface area (Å²) in [7, 11) is 0. The second-order valence-corrected chi connectivity index (χ2v) is 6.82. The Morgan fingerprint density at radius 1 is 1.23 bits per heavy atom. The van der Waals surface area contributed by atoms with Crippen molar-refractivity contribution in [1.82, 2.24) is 15.1 Å². The number of pyridine rings is 1. The highest BCUT2D eigenvalue weighted by molar-refractivity contribution is 7.22. The summed E-state index contributed by atoms with van der Waals surface area (Å²) in [5, 5.41) is 8.98. The number of hydrogen-bond acceptors (Lipinski definition) is 7. The third kappa shape index (κ3) is 2.01. The Morgan fingerprint density at radius 2 is 2.09 bits per heavy atom. The molecule has 0 aliphatic carbocycles. The monoisotopic (exact) mass is 328 g/mol. The van der Waals surface area contributed by atoms with Crippen LogP contribution in [0.5, 0.6) is 0 Å². The third-order valence-electron chi connectivity index (χ3n) is 3.42. The van der Waals surface area contributed by atoms with Gasteiger partial charge in [0, 0.05) is 22.0 Å². The zero-order valence-corrected chi connectivity index (χ0v) is 13.6. The maximum atomic E-state index is 6.29. The molecular weight excluding hydrogens is 316 g/mol. The predicted molar refractivity (Wildman–Crippen MR) is 90.1 cm³/mol. The van der Waals surface area contributed by atoms with E-state index in [9.17, 15) is 0 Å². The molecule has 0 amide bonds. The molecule has 5 nitrogen and oxygen atoms in total. The van der Waals surface area contributed by atoms with Gasteiger partial charge in [-0.15, -0.1) is 11.3 Å². The molecule has 0 aliphatic heterocycles. The van der Waals surface area contributed by atoms with Crippen molar-refractivity contribution in [2.24, 2.45) is 0 Å². The van der Waals surface area contributed by atoms with Gasteiger partial charge < -0.3 is 10.3 Å². The van der Waals surface area contributed by atoms with Gasteiger partial charge in [-0.2, -0.15) is 16.3 Å².